The molecule has 1 aromatic heterocycles. The van der Waals surface area contributed by atoms with Gasteiger partial charge in [-0.15, -0.1) is 0 Å². The first-order valence-corrected chi connectivity index (χ1v) is 8.04. The summed E-state index contributed by atoms with van der Waals surface area (Å²) in [5, 5.41) is 5.16. The minimum Gasteiger partial charge on any atom is -0.384 e. The zero-order valence-corrected chi connectivity index (χ0v) is 13.4. The molecule has 1 aromatic carbocycles. The summed E-state index contributed by atoms with van der Waals surface area (Å²) in [7, 11) is 0. The second-order valence-electron chi connectivity index (χ2n) is 5.45. The Morgan fingerprint density at radius 2 is 2.20 bits per heavy atom. The molecule has 20 heavy (non-hydrogen) atoms. The molecule has 0 spiro atoms. The first kappa shape index (κ1) is 14.1. The number of hydrogen-bond acceptors (Lipinski definition) is 3. The lowest BCUT2D eigenvalue weighted by molar-refractivity contribution is 0.255. The van der Waals surface area contributed by atoms with E-state index in [1.165, 1.54) is 6.42 Å². The van der Waals surface area contributed by atoms with Crippen molar-refractivity contribution in [2.75, 3.05) is 11.9 Å². The Morgan fingerprint density at radius 3 is 2.95 bits per heavy atom. The molecule has 3 N–H and O–H groups in total. The van der Waals surface area contributed by atoms with Gasteiger partial charge in [0.1, 0.15) is 0 Å². The van der Waals surface area contributed by atoms with E-state index in [1.807, 2.05) is 18.2 Å². The molecule has 0 amide bonds. The van der Waals surface area contributed by atoms with E-state index in [9.17, 15) is 0 Å². The number of aromatic nitrogens is 1. The van der Waals surface area contributed by atoms with E-state index < -0.39 is 0 Å². The van der Waals surface area contributed by atoms with E-state index in [2.05, 4.69) is 26.2 Å². The van der Waals surface area contributed by atoms with E-state index >= 15 is 0 Å². The number of nitrogens with zero attached hydrogens (tertiary/aromatic N) is 1. The highest BCUT2D eigenvalue weighted by Crippen LogP contribution is 2.32. The van der Waals surface area contributed by atoms with Gasteiger partial charge in [-0.3, -0.25) is 4.98 Å². The van der Waals surface area contributed by atoms with Crippen molar-refractivity contribution >= 4 is 44.1 Å². The molecule has 0 unspecified atom stereocenters. The molecular formula is C15H17BrClN3. The molecule has 1 saturated carbocycles. The van der Waals surface area contributed by atoms with Crippen LogP contribution >= 0.6 is 27.5 Å². The first-order chi connectivity index (χ1) is 9.63. The lowest BCUT2D eigenvalue weighted by Gasteiger charge is -2.32. The number of nitrogens with one attached hydrogen (secondary N) is 1. The smallest absolute Gasteiger partial charge is 0.0738 e. The van der Waals surface area contributed by atoms with Gasteiger partial charge in [-0.05, 0) is 59.3 Å². The maximum Gasteiger partial charge on any atom is 0.0738 e. The van der Waals surface area contributed by atoms with Crippen molar-refractivity contribution in [1.82, 2.24) is 4.98 Å². The van der Waals surface area contributed by atoms with E-state index in [4.69, 9.17) is 17.3 Å². The SMILES string of the molecule is NC1CC(CCNc2cc3nccc(Cl)c3cc2Br)C1. The second kappa shape index (κ2) is 5.88. The topological polar surface area (TPSA) is 50.9 Å². The Kier molecular flexibility index (Phi) is 4.15. The standard InChI is InChI=1S/C15H17BrClN3/c16-12-7-11-13(17)2-4-19-14(11)8-15(12)20-3-1-9-5-10(18)6-9/h2,4,7-10,20H,1,3,5-6,18H2. The molecule has 0 radical (unpaired) electrons. The number of fused-ring (bicyclic) bond motifs is 1. The number of pyridine rings is 1. The van der Waals surface area contributed by atoms with Gasteiger partial charge in [0.2, 0.25) is 0 Å². The van der Waals surface area contributed by atoms with Crippen LogP contribution in [0, 0.1) is 5.92 Å². The van der Waals surface area contributed by atoms with Gasteiger partial charge in [-0.25, -0.2) is 0 Å². The van der Waals surface area contributed by atoms with Crippen molar-refractivity contribution in [2.45, 2.75) is 25.3 Å². The van der Waals surface area contributed by atoms with Crippen LogP contribution in [0.15, 0.2) is 28.9 Å². The minimum absolute atomic E-state index is 0.429. The maximum atomic E-state index is 6.17. The van der Waals surface area contributed by atoms with Gasteiger partial charge in [-0.2, -0.15) is 0 Å². The van der Waals surface area contributed by atoms with E-state index in [-0.39, 0.29) is 0 Å². The van der Waals surface area contributed by atoms with Crippen LogP contribution in [-0.4, -0.2) is 17.6 Å². The third-order valence-electron chi connectivity index (χ3n) is 3.92. The minimum atomic E-state index is 0.429. The maximum absolute atomic E-state index is 6.17. The predicted molar refractivity (Wildman–Crippen MR) is 88.3 cm³/mol. The van der Waals surface area contributed by atoms with Crippen LogP contribution in [0.1, 0.15) is 19.3 Å². The molecule has 1 fully saturated rings. The molecular weight excluding hydrogens is 338 g/mol. The summed E-state index contributed by atoms with van der Waals surface area (Å²) in [4.78, 5) is 4.36. The predicted octanol–water partition coefficient (Wildman–Crippen LogP) is 4.19. The molecule has 3 nitrogen and oxygen atoms in total. The first-order valence-electron chi connectivity index (χ1n) is 6.86. The molecule has 0 aliphatic heterocycles. The summed E-state index contributed by atoms with van der Waals surface area (Å²) < 4.78 is 1.02. The molecule has 5 heteroatoms. The molecule has 1 aliphatic carbocycles. The van der Waals surface area contributed by atoms with E-state index in [0.717, 1.165) is 51.4 Å². The highest BCUT2D eigenvalue weighted by Gasteiger charge is 2.24. The summed E-state index contributed by atoms with van der Waals surface area (Å²) >= 11 is 9.76. The van der Waals surface area contributed by atoms with Crippen LogP contribution in [0.4, 0.5) is 5.69 Å². The average molecular weight is 355 g/mol. The Morgan fingerprint density at radius 1 is 1.40 bits per heavy atom. The molecule has 0 atom stereocenters. The summed E-state index contributed by atoms with van der Waals surface area (Å²) in [6.07, 6.45) is 5.23. The van der Waals surface area contributed by atoms with Gasteiger partial charge in [0.25, 0.3) is 0 Å². The highest BCUT2D eigenvalue weighted by molar-refractivity contribution is 9.10. The van der Waals surface area contributed by atoms with Gasteiger partial charge >= 0.3 is 0 Å². The number of hydrogen-bond donors (Lipinski definition) is 2. The third kappa shape index (κ3) is 2.92. The average Bonchev–Trinajstić information content (AvgIpc) is 2.38. The summed E-state index contributed by atoms with van der Waals surface area (Å²) in [6, 6.07) is 6.30. The molecule has 3 rings (SSSR count). The van der Waals surface area contributed by atoms with Crippen molar-refractivity contribution in [3.63, 3.8) is 0 Å². The van der Waals surface area contributed by atoms with Gasteiger partial charge < -0.3 is 11.1 Å². The van der Waals surface area contributed by atoms with E-state index in [0.29, 0.717) is 6.04 Å². The lowest BCUT2D eigenvalue weighted by Crippen LogP contribution is -2.37. The van der Waals surface area contributed by atoms with Crippen LogP contribution in [-0.2, 0) is 0 Å². The van der Waals surface area contributed by atoms with Crippen LogP contribution < -0.4 is 11.1 Å². The quantitative estimate of drug-likeness (QED) is 0.865. The number of benzene rings is 1. The van der Waals surface area contributed by atoms with E-state index in [1.54, 1.807) is 6.20 Å². The summed E-state index contributed by atoms with van der Waals surface area (Å²) in [5.74, 6) is 0.782. The number of halogens is 2. The summed E-state index contributed by atoms with van der Waals surface area (Å²) in [6.45, 7) is 0.960. The van der Waals surface area contributed by atoms with Crippen molar-refractivity contribution in [3.8, 4) is 0 Å². The van der Waals surface area contributed by atoms with Gasteiger partial charge in [0.05, 0.1) is 16.2 Å². The molecule has 106 valence electrons. The second-order valence-corrected chi connectivity index (χ2v) is 6.72. The largest absolute Gasteiger partial charge is 0.384 e. The fourth-order valence-corrected chi connectivity index (χ4v) is 3.39. The van der Waals surface area contributed by atoms with Crippen LogP contribution in [0.3, 0.4) is 0 Å². The normalized spacial score (nSPS) is 21.8. The molecule has 0 saturated heterocycles. The zero-order valence-electron chi connectivity index (χ0n) is 11.1. The fraction of sp³-hybridized carbons (Fsp3) is 0.400. The van der Waals surface area contributed by atoms with Crippen molar-refractivity contribution in [1.29, 1.82) is 0 Å². The number of anilines is 1. The van der Waals surface area contributed by atoms with Crippen molar-refractivity contribution < 1.29 is 0 Å². The van der Waals surface area contributed by atoms with Crippen molar-refractivity contribution in [2.24, 2.45) is 11.7 Å². The summed E-state index contributed by atoms with van der Waals surface area (Å²) in [5.41, 5.74) is 7.78. The van der Waals surface area contributed by atoms with Crippen LogP contribution in [0.25, 0.3) is 10.9 Å². The molecule has 1 aliphatic rings. The Bertz CT molecular complexity index is 626. The highest BCUT2D eigenvalue weighted by atomic mass is 79.9. The monoisotopic (exact) mass is 353 g/mol. The lowest BCUT2D eigenvalue weighted by atomic mass is 9.79. The molecule has 2 aromatic rings. The Balaban J connectivity index is 1.70. The Labute approximate surface area is 132 Å². The van der Waals surface area contributed by atoms with Crippen LogP contribution in [0.2, 0.25) is 5.02 Å². The molecule has 1 heterocycles. The molecule has 0 bridgehead atoms. The van der Waals surface area contributed by atoms with Crippen LogP contribution in [0.5, 0.6) is 0 Å². The Hall–Kier alpha value is -0.840. The number of rotatable bonds is 4. The third-order valence-corrected chi connectivity index (χ3v) is 4.90. The van der Waals surface area contributed by atoms with Gasteiger partial charge in [-0.1, -0.05) is 11.6 Å². The van der Waals surface area contributed by atoms with Gasteiger partial charge in [0.15, 0.2) is 0 Å². The zero-order chi connectivity index (χ0) is 14.1. The van der Waals surface area contributed by atoms with Gasteiger partial charge in [0, 0.05) is 28.6 Å². The fourth-order valence-electron chi connectivity index (χ4n) is 2.70. The number of nitrogens with two attached hydrogens (primary N) is 1. The van der Waals surface area contributed by atoms with Crippen molar-refractivity contribution in [3.05, 3.63) is 33.9 Å².